The number of nitriles is 1. The molecule has 0 spiro atoms. The van der Waals surface area contributed by atoms with Gasteiger partial charge in [0.25, 0.3) is 0 Å². The number of rotatable bonds is 5. The van der Waals surface area contributed by atoms with E-state index in [2.05, 4.69) is 0 Å². The molecule has 0 saturated carbocycles. The van der Waals surface area contributed by atoms with Crippen molar-refractivity contribution < 1.29 is 18.3 Å². The summed E-state index contributed by atoms with van der Waals surface area (Å²) in [6.07, 6.45) is 1.04. The average molecular weight is 308 g/mol. The van der Waals surface area contributed by atoms with E-state index in [-0.39, 0.29) is 12.2 Å². The van der Waals surface area contributed by atoms with Crippen LogP contribution < -0.4 is 0 Å². The fraction of sp³-hybridized carbons (Fsp3) is 0.429. The molecule has 2 rings (SSSR count). The summed E-state index contributed by atoms with van der Waals surface area (Å²) >= 11 is 0. The summed E-state index contributed by atoms with van der Waals surface area (Å²) in [4.78, 5) is 10.8. The Bertz CT molecular complexity index is 678. The lowest BCUT2D eigenvalue weighted by molar-refractivity contribution is -0.137. The highest BCUT2D eigenvalue weighted by Crippen LogP contribution is 2.26. The molecule has 112 valence electrons. The van der Waals surface area contributed by atoms with Crippen molar-refractivity contribution in [3.05, 3.63) is 35.4 Å². The van der Waals surface area contributed by atoms with Crippen molar-refractivity contribution in [3.63, 3.8) is 0 Å². The van der Waals surface area contributed by atoms with E-state index in [1.54, 1.807) is 24.3 Å². The molecule has 1 atom stereocenters. The fourth-order valence-electron chi connectivity index (χ4n) is 2.62. The highest BCUT2D eigenvalue weighted by molar-refractivity contribution is 7.88. The van der Waals surface area contributed by atoms with E-state index < -0.39 is 22.0 Å². The number of aliphatic carboxylic acids is 1. The van der Waals surface area contributed by atoms with Crippen LogP contribution in [0.2, 0.25) is 0 Å². The summed E-state index contributed by atoms with van der Waals surface area (Å²) in [5, 5.41) is 17.9. The quantitative estimate of drug-likeness (QED) is 0.884. The molecule has 0 bridgehead atoms. The number of carboxylic acid groups (broad SMARTS) is 1. The minimum Gasteiger partial charge on any atom is -0.481 e. The van der Waals surface area contributed by atoms with E-state index in [0.717, 1.165) is 0 Å². The maximum atomic E-state index is 12.5. The SMILES string of the molecule is N#Cc1ccccc1CS(=O)(=O)N1CCCC1CC(=O)O. The Morgan fingerprint density at radius 1 is 1.43 bits per heavy atom. The van der Waals surface area contributed by atoms with Crippen LogP contribution in [0, 0.1) is 11.3 Å². The molecule has 1 saturated heterocycles. The Kier molecular flexibility index (Phi) is 4.60. The first-order chi connectivity index (χ1) is 9.94. The molecular formula is C14H16N2O4S. The Labute approximate surface area is 123 Å². The zero-order chi connectivity index (χ0) is 15.5. The molecule has 21 heavy (non-hydrogen) atoms. The van der Waals surface area contributed by atoms with Gasteiger partial charge in [-0.15, -0.1) is 0 Å². The molecule has 1 aromatic carbocycles. The van der Waals surface area contributed by atoms with Crippen LogP contribution in [0.4, 0.5) is 0 Å². The van der Waals surface area contributed by atoms with Crippen molar-refractivity contribution in [1.82, 2.24) is 4.31 Å². The minimum absolute atomic E-state index is 0.181. The summed E-state index contributed by atoms with van der Waals surface area (Å²) in [6.45, 7) is 0.342. The van der Waals surface area contributed by atoms with Gasteiger partial charge in [0, 0.05) is 12.6 Å². The number of nitrogens with zero attached hydrogens (tertiary/aromatic N) is 2. The second-order valence-electron chi connectivity index (χ2n) is 5.03. The lowest BCUT2D eigenvalue weighted by atomic mass is 10.1. The summed E-state index contributed by atoms with van der Waals surface area (Å²) < 4.78 is 26.2. The van der Waals surface area contributed by atoms with Gasteiger partial charge in [-0.1, -0.05) is 18.2 Å². The van der Waals surface area contributed by atoms with Crippen LogP contribution in [0.3, 0.4) is 0 Å². The van der Waals surface area contributed by atoms with Crippen LogP contribution in [-0.2, 0) is 20.6 Å². The first-order valence-electron chi connectivity index (χ1n) is 6.63. The molecule has 1 unspecified atom stereocenters. The third-order valence-corrected chi connectivity index (χ3v) is 5.44. The van der Waals surface area contributed by atoms with E-state index in [1.807, 2.05) is 6.07 Å². The first kappa shape index (κ1) is 15.5. The van der Waals surface area contributed by atoms with Crippen molar-refractivity contribution in [2.45, 2.75) is 31.1 Å². The van der Waals surface area contributed by atoms with Gasteiger partial charge in [0.15, 0.2) is 0 Å². The largest absolute Gasteiger partial charge is 0.481 e. The normalized spacial score (nSPS) is 19.3. The fourth-order valence-corrected chi connectivity index (χ4v) is 4.47. The Morgan fingerprint density at radius 2 is 2.14 bits per heavy atom. The molecule has 0 radical (unpaired) electrons. The van der Waals surface area contributed by atoms with Crippen molar-refractivity contribution >= 4 is 16.0 Å². The van der Waals surface area contributed by atoms with E-state index in [1.165, 1.54) is 4.31 Å². The van der Waals surface area contributed by atoms with Crippen LogP contribution in [0.5, 0.6) is 0 Å². The first-order valence-corrected chi connectivity index (χ1v) is 8.24. The summed E-state index contributed by atoms with van der Waals surface area (Å²) in [6, 6.07) is 8.04. The Morgan fingerprint density at radius 3 is 2.81 bits per heavy atom. The minimum atomic E-state index is -3.62. The maximum absolute atomic E-state index is 12.5. The number of carbonyl (C=O) groups is 1. The molecule has 0 aliphatic carbocycles. The van der Waals surface area contributed by atoms with Crippen LogP contribution in [0.25, 0.3) is 0 Å². The van der Waals surface area contributed by atoms with Crippen LogP contribution in [-0.4, -0.2) is 36.4 Å². The standard InChI is InChI=1S/C14H16N2O4S/c15-9-11-4-1-2-5-12(11)10-21(19,20)16-7-3-6-13(16)8-14(17)18/h1-2,4-5,13H,3,6-8,10H2,(H,17,18). The van der Waals surface area contributed by atoms with Gasteiger partial charge < -0.3 is 5.11 Å². The smallest absolute Gasteiger partial charge is 0.304 e. The summed E-state index contributed by atoms with van der Waals surface area (Å²) in [5.74, 6) is -1.27. The lowest BCUT2D eigenvalue weighted by Crippen LogP contribution is -2.37. The van der Waals surface area contributed by atoms with E-state index in [4.69, 9.17) is 10.4 Å². The van der Waals surface area contributed by atoms with Gasteiger partial charge >= 0.3 is 5.97 Å². The average Bonchev–Trinajstić information content (AvgIpc) is 2.87. The van der Waals surface area contributed by atoms with Gasteiger partial charge in [0.2, 0.25) is 10.0 Å². The maximum Gasteiger partial charge on any atom is 0.304 e. The Hall–Kier alpha value is -1.91. The second-order valence-corrected chi connectivity index (χ2v) is 6.95. The van der Waals surface area contributed by atoms with Gasteiger partial charge in [-0.05, 0) is 24.5 Å². The molecule has 1 N–H and O–H groups in total. The van der Waals surface area contributed by atoms with Crippen LogP contribution in [0.1, 0.15) is 30.4 Å². The van der Waals surface area contributed by atoms with E-state index in [0.29, 0.717) is 30.5 Å². The van der Waals surface area contributed by atoms with Gasteiger partial charge in [-0.25, -0.2) is 8.42 Å². The molecule has 1 fully saturated rings. The highest BCUT2D eigenvalue weighted by Gasteiger charge is 2.35. The zero-order valence-corrected chi connectivity index (χ0v) is 12.2. The Balaban J connectivity index is 2.22. The monoisotopic (exact) mass is 308 g/mol. The predicted octanol–water partition coefficient (Wildman–Crippen LogP) is 1.33. The number of benzene rings is 1. The molecule has 0 amide bonds. The van der Waals surface area contributed by atoms with Crippen molar-refractivity contribution in [2.75, 3.05) is 6.54 Å². The topological polar surface area (TPSA) is 98.5 Å². The third-order valence-electron chi connectivity index (χ3n) is 3.57. The van der Waals surface area contributed by atoms with Gasteiger partial charge in [-0.2, -0.15) is 9.57 Å². The lowest BCUT2D eigenvalue weighted by Gasteiger charge is -2.23. The number of hydrogen-bond acceptors (Lipinski definition) is 4. The molecule has 7 heteroatoms. The molecule has 0 aromatic heterocycles. The predicted molar refractivity (Wildman–Crippen MR) is 75.8 cm³/mol. The molecule has 1 aliphatic heterocycles. The number of carboxylic acids is 1. The van der Waals surface area contributed by atoms with E-state index in [9.17, 15) is 13.2 Å². The molecule has 1 aliphatic rings. The third kappa shape index (κ3) is 3.60. The molecule has 6 nitrogen and oxygen atoms in total. The second kappa shape index (κ2) is 6.24. The van der Waals surface area contributed by atoms with Crippen molar-refractivity contribution in [2.24, 2.45) is 0 Å². The number of hydrogen-bond donors (Lipinski definition) is 1. The van der Waals surface area contributed by atoms with Gasteiger partial charge in [0.1, 0.15) is 0 Å². The van der Waals surface area contributed by atoms with Crippen LogP contribution in [0.15, 0.2) is 24.3 Å². The molecule has 1 heterocycles. The van der Waals surface area contributed by atoms with Gasteiger partial charge in [-0.3, -0.25) is 4.79 Å². The summed E-state index contributed by atoms with van der Waals surface area (Å²) in [7, 11) is -3.62. The molecule has 1 aromatic rings. The number of sulfonamides is 1. The van der Waals surface area contributed by atoms with Crippen molar-refractivity contribution in [1.29, 1.82) is 5.26 Å². The highest BCUT2D eigenvalue weighted by atomic mass is 32.2. The molecular weight excluding hydrogens is 292 g/mol. The van der Waals surface area contributed by atoms with Crippen LogP contribution >= 0.6 is 0 Å². The van der Waals surface area contributed by atoms with E-state index >= 15 is 0 Å². The van der Waals surface area contributed by atoms with Gasteiger partial charge in [0.05, 0.1) is 23.8 Å². The zero-order valence-electron chi connectivity index (χ0n) is 11.4. The summed E-state index contributed by atoms with van der Waals surface area (Å²) in [5.41, 5.74) is 0.774. The van der Waals surface area contributed by atoms with Crippen molar-refractivity contribution in [3.8, 4) is 6.07 Å².